The monoisotopic (exact) mass is 1590 g/mol. The van der Waals surface area contributed by atoms with E-state index in [4.69, 9.17) is 37.0 Å². The van der Waals surface area contributed by atoms with Crippen LogP contribution in [0.25, 0.3) is 0 Å². The quantitative estimate of drug-likeness (QED) is 0.0222. The lowest BCUT2D eigenvalue weighted by atomic mass is 9.99. The van der Waals surface area contributed by atoms with Gasteiger partial charge in [0.05, 0.1) is 26.4 Å². The van der Waals surface area contributed by atoms with Gasteiger partial charge in [-0.1, -0.05) is 433 Å². The van der Waals surface area contributed by atoms with Gasteiger partial charge in [-0.15, -0.1) is 0 Å². The molecule has 0 aromatic rings. The lowest BCUT2D eigenvalue weighted by Crippen LogP contribution is -2.30. The minimum absolute atomic E-state index is 0.108. The molecule has 19 heteroatoms. The molecule has 648 valence electrons. The number of carbonyl (C=O) groups is 4. The van der Waals surface area contributed by atoms with Crippen molar-refractivity contribution < 1.29 is 80.2 Å². The summed E-state index contributed by atoms with van der Waals surface area (Å²) >= 11 is 0. The third kappa shape index (κ3) is 82.4. The van der Waals surface area contributed by atoms with Crippen molar-refractivity contribution in [2.75, 3.05) is 39.6 Å². The molecule has 6 atom stereocenters. The molecule has 0 amide bonds. The summed E-state index contributed by atoms with van der Waals surface area (Å²) in [5.41, 5.74) is 0. The number of carbonyl (C=O) groups excluding carboxylic acids is 4. The van der Waals surface area contributed by atoms with Gasteiger partial charge in [0.2, 0.25) is 0 Å². The summed E-state index contributed by atoms with van der Waals surface area (Å²) in [5.74, 6) is -0.443. The van der Waals surface area contributed by atoms with Crippen molar-refractivity contribution in [1.29, 1.82) is 0 Å². The Morgan fingerprint density at radius 2 is 0.468 bits per heavy atom. The second-order valence-corrected chi connectivity index (χ2v) is 36.0. The van der Waals surface area contributed by atoms with Gasteiger partial charge in [-0.2, -0.15) is 0 Å². The van der Waals surface area contributed by atoms with Crippen LogP contribution in [0, 0.1) is 11.8 Å². The molecule has 17 nitrogen and oxygen atoms in total. The van der Waals surface area contributed by atoms with Gasteiger partial charge in [-0.25, -0.2) is 9.13 Å². The summed E-state index contributed by atoms with van der Waals surface area (Å²) < 4.78 is 69.1. The van der Waals surface area contributed by atoms with Crippen molar-refractivity contribution in [1.82, 2.24) is 0 Å². The van der Waals surface area contributed by atoms with Gasteiger partial charge in [-0.3, -0.25) is 37.3 Å². The van der Waals surface area contributed by atoms with Crippen LogP contribution in [-0.4, -0.2) is 96.7 Å². The molecule has 109 heavy (non-hydrogen) atoms. The molecule has 3 N–H and O–H groups in total. The van der Waals surface area contributed by atoms with E-state index in [-0.39, 0.29) is 25.7 Å². The predicted molar refractivity (Wildman–Crippen MR) is 451 cm³/mol. The van der Waals surface area contributed by atoms with Crippen molar-refractivity contribution in [3.63, 3.8) is 0 Å². The second-order valence-electron chi connectivity index (χ2n) is 33.1. The molecule has 0 spiro atoms. The number of hydrogen-bond acceptors (Lipinski definition) is 15. The molecule has 0 saturated heterocycles. The van der Waals surface area contributed by atoms with Crippen LogP contribution < -0.4 is 0 Å². The fraction of sp³-hybridized carbons (Fsp3) is 0.956. The number of phosphoric ester groups is 2. The SMILES string of the molecule is CCCCCCCCCCCCCCCCCCCCCCCC(=O)O[C@H](COC(=O)CCCCCCCCCCCCCCCCCC(C)C)COP(=O)(O)OC[C@@H](O)COP(=O)(O)OC[C@@H](COC(=O)CCCCCCCCCCCCCC)OC(=O)CCCCCCCCCCCCCCCCC(C)CC. The van der Waals surface area contributed by atoms with E-state index in [1.54, 1.807) is 0 Å². The molecule has 0 aromatic heterocycles. The average molecular weight is 1590 g/mol. The van der Waals surface area contributed by atoms with Crippen molar-refractivity contribution >= 4 is 39.5 Å². The minimum atomic E-state index is -4.97. The number of aliphatic hydroxyl groups is 1. The maximum atomic E-state index is 13.2. The highest BCUT2D eigenvalue weighted by Crippen LogP contribution is 2.45. The van der Waals surface area contributed by atoms with E-state index in [9.17, 15) is 43.2 Å². The Balaban J connectivity index is 5.25. The van der Waals surface area contributed by atoms with Crippen molar-refractivity contribution in [2.24, 2.45) is 11.8 Å². The molecule has 0 aliphatic carbocycles. The van der Waals surface area contributed by atoms with Crippen LogP contribution in [0.3, 0.4) is 0 Å². The summed E-state index contributed by atoms with van der Waals surface area (Å²) in [6.45, 7) is 9.78. The molecule has 0 saturated carbocycles. The zero-order valence-corrected chi connectivity index (χ0v) is 73.7. The molecule has 3 unspecified atom stereocenters. The first-order chi connectivity index (χ1) is 52.9. The number of aliphatic hydroxyl groups excluding tert-OH is 1. The third-order valence-electron chi connectivity index (χ3n) is 21.6. The normalized spacial score (nSPS) is 14.0. The highest BCUT2D eigenvalue weighted by Gasteiger charge is 2.31. The number of rotatable bonds is 89. The highest BCUT2D eigenvalue weighted by atomic mass is 31.2. The van der Waals surface area contributed by atoms with E-state index in [0.717, 1.165) is 102 Å². The summed E-state index contributed by atoms with van der Waals surface area (Å²) in [5, 5.41) is 10.7. The first-order valence-corrected chi connectivity index (χ1v) is 49.5. The average Bonchev–Trinajstić information content (AvgIpc) is 0.899. The van der Waals surface area contributed by atoms with E-state index in [1.165, 1.54) is 302 Å². The van der Waals surface area contributed by atoms with E-state index in [0.29, 0.717) is 25.7 Å². The predicted octanol–water partition coefficient (Wildman–Crippen LogP) is 27.8. The van der Waals surface area contributed by atoms with Crippen molar-refractivity contribution in [3.05, 3.63) is 0 Å². The smallest absolute Gasteiger partial charge is 0.462 e. The molecule has 0 radical (unpaired) electrons. The Labute approximate surface area is 670 Å². The third-order valence-corrected chi connectivity index (χ3v) is 23.5. The summed E-state index contributed by atoms with van der Waals surface area (Å²) in [6, 6.07) is 0. The lowest BCUT2D eigenvalue weighted by molar-refractivity contribution is -0.161. The fourth-order valence-electron chi connectivity index (χ4n) is 14.1. The summed E-state index contributed by atoms with van der Waals surface area (Å²) in [7, 11) is -9.93. The second kappa shape index (κ2) is 81.2. The number of ether oxygens (including phenoxy) is 4. The maximum Gasteiger partial charge on any atom is 0.472 e. The van der Waals surface area contributed by atoms with Gasteiger partial charge in [0, 0.05) is 25.7 Å². The number of phosphoric acid groups is 2. The first kappa shape index (κ1) is 107. The highest BCUT2D eigenvalue weighted by molar-refractivity contribution is 7.47. The molecule has 0 rings (SSSR count). The Kier molecular flexibility index (Phi) is 79.8. The molecular formula is C90H176O17P2. The largest absolute Gasteiger partial charge is 0.472 e. The molecule has 0 aliphatic heterocycles. The van der Waals surface area contributed by atoms with Gasteiger partial charge >= 0.3 is 39.5 Å². The van der Waals surface area contributed by atoms with E-state index >= 15 is 0 Å². The molecule has 0 bridgehead atoms. The summed E-state index contributed by atoms with van der Waals surface area (Å²) in [4.78, 5) is 73.4. The molecule has 0 aromatic carbocycles. The Morgan fingerprint density at radius 3 is 0.697 bits per heavy atom. The Morgan fingerprint density at radius 1 is 0.266 bits per heavy atom. The molecule has 0 aliphatic rings. The number of unbranched alkanes of at least 4 members (excludes halogenated alkanes) is 58. The zero-order chi connectivity index (χ0) is 79.9. The van der Waals surface area contributed by atoms with E-state index < -0.39 is 97.5 Å². The van der Waals surface area contributed by atoms with Gasteiger partial charge < -0.3 is 33.8 Å². The van der Waals surface area contributed by atoms with Crippen LogP contribution in [0.2, 0.25) is 0 Å². The van der Waals surface area contributed by atoms with Crippen LogP contribution >= 0.6 is 15.6 Å². The summed E-state index contributed by atoms with van der Waals surface area (Å²) in [6.07, 6.45) is 74.9. The maximum absolute atomic E-state index is 13.2. The van der Waals surface area contributed by atoms with Gasteiger partial charge in [0.15, 0.2) is 12.2 Å². The molecule has 0 heterocycles. The van der Waals surface area contributed by atoms with Gasteiger partial charge in [0.1, 0.15) is 19.3 Å². The first-order valence-electron chi connectivity index (χ1n) is 46.5. The standard InChI is InChI=1S/C90H176O17P2/c1-7-10-12-14-16-18-20-22-23-24-25-26-27-28-31-38-44-50-56-62-68-74-89(94)107-86(79-101-88(93)73-67-61-55-49-43-37-32-29-30-35-40-46-52-58-64-70-82(4)5)81-105-109(98,99)103-77-84(91)76-102-108(96,97)104-80-85(78-100-87(92)72-66-60-54-48-42-21-19-17-15-13-11-8-2)106-90(95)75-69-63-57-51-45-39-34-33-36-41-47-53-59-65-71-83(6)9-3/h82-86,91H,7-81H2,1-6H3,(H,96,97)(H,98,99)/t83?,84-,85+,86+/m0/s1. The topological polar surface area (TPSA) is 237 Å². The van der Waals surface area contributed by atoms with Crippen LogP contribution in [0.5, 0.6) is 0 Å². The fourth-order valence-corrected chi connectivity index (χ4v) is 15.7. The molecule has 0 fully saturated rings. The van der Waals surface area contributed by atoms with Crippen LogP contribution in [-0.2, 0) is 65.4 Å². The van der Waals surface area contributed by atoms with Gasteiger partial charge in [-0.05, 0) is 37.5 Å². The number of hydrogen-bond donors (Lipinski definition) is 3. The lowest BCUT2D eigenvalue weighted by Gasteiger charge is -2.21. The number of esters is 4. The van der Waals surface area contributed by atoms with Crippen molar-refractivity contribution in [2.45, 2.75) is 503 Å². The van der Waals surface area contributed by atoms with Crippen molar-refractivity contribution in [3.8, 4) is 0 Å². The minimum Gasteiger partial charge on any atom is -0.462 e. The van der Waals surface area contributed by atoms with Gasteiger partial charge in [0.25, 0.3) is 0 Å². The van der Waals surface area contributed by atoms with Crippen LogP contribution in [0.4, 0.5) is 0 Å². The Hall–Kier alpha value is -1.94. The Bertz CT molecular complexity index is 2080. The van der Waals surface area contributed by atoms with E-state index in [1.807, 2.05) is 0 Å². The van der Waals surface area contributed by atoms with Crippen LogP contribution in [0.15, 0.2) is 0 Å². The zero-order valence-electron chi connectivity index (χ0n) is 71.9. The van der Waals surface area contributed by atoms with E-state index in [2.05, 4.69) is 41.5 Å². The molecular weight excluding hydrogens is 1410 g/mol. The van der Waals surface area contributed by atoms with Crippen LogP contribution in [0.1, 0.15) is 485 Å².